The van der Waals surface area contributed by atoms with E-state index in [0.29, 0.717) is 19.3 Å². The van der Waals surface area contributed by atoms with E-state index in [9.17, 15) is 14.4 Å². The lowest BCUT2D eigenvalue weighted by Gasteiger charge is -2.18. The second-order valence-corrected chi connectivity index (χ2v) is 19.6. The average Bonchev–Trinajstić information content (AvgIpc) is 3.31. The highest BCUT2D eigenvalue weighted by atomic mass is 16.6. The molecule has 6 nitrogen and oxygen atoms in total. The Morgan fingerprint density at radius 2 is 0.545 bits per heavy atom. The molecule has 0 fully saturated rings. The van der Waals surface area contributed by atoms with Crippen molar-refractivity contribution in [2.75, 3.05) is 13.2 Å². The number of rotatable bonds is 53. The zero-order chi connectivity index (χ0) is 47.9. The largest absolute Gasteiger partial charge is 0.462 e. The normalized spacial score (nSPS) is 12.2. The first-order chi connectivity index (χ1) is 32.5. The van der Waals surface area contributed by atoms with E-state index in [1.165, 1.54) is 180 Å². The van der Waals surface area contributed by atoms with Crippen LogP contribution in [0.25, 0.3) is 0 Å². The highest BCUT2D eigenvalue weighted by molar-refractivity contribution is 5.71. The van der Waals surface area contributed by atoms with Crippen molar-refractivity contribution in [2.45, 2.75) is 316 Å². The third-order valence-corrected chi connectivity index (χ3v) is 12.9. The topological polar surface area (TPSA) is 78.9 Å². The Hall–Kier alpha value is -2.37. The van der Waals surface area contributed by atoms with Gasteiger partial charge in [0.05, 0.1) is 0 Å². The molecule has 0 spiro atoms. The number of esters is 3. The minimum Gasteiger partial charge on any atom is -0.462 e. The van der Waals surface area contributed by atoms with Crippen molar-refractivity contribution >= 4 is 17.9 Å². The monoisotopic (exact) mass is 927 g/mol. The third kappa shape index (κ3) is 52.6. The summed E-state index contributed by atoms with van der Waals surface area (Å²) < 4.78 is 16.8. The molecule has 0 aromatic heterocycles. The standard InChI is InChI=1S/C60H110O6/c1-4-7-10-13-16-19-22-25-27-29-30-31-32-34-35-38-41-44-47-50-53-59(62)65-56-57(55-64-58(61)52-49-46-43-40-37-24-21-18-15-12-9-6-3)66-60(63)54-51-48-45-42-39-36-33-28-26-23-20-17-14-11-8-5-2/h18,20-21,23,28,33,57H,4-17,19,22,24-27,29-32,34-56H2,1-3H3/b21-18-,23-20-,33-28-. The van der Waals surface area contributed by atoms with Gasteiger partial charge in [-0.05, 0) is 77.0 Å². The van der Waals surface area contributed by atoms with E-state index in [2.05, 4.69) is 57.2 Å². The lowest BCUT2D eigenvalue weighted by Crippen LogP contribution is -2.30. The van der Waals surface area contributed by atoms with Gasteiger partial charge in [0, 0.05) is 19.3 Å². The van der Waals surface area contributed by atoms with Crippen LogP contribution in [0.2, 0.25) is 0 Å². The maximum Gasteiger partial charge on any atom is 0.306 e. The highest BCUT2D eigenvalue weighted by Gasteiger charge is 2.19. The molecule has 0 aromatic rings. The van der Waals surface area contributed by atoms with Crippen LogP contribution in [0, 0.1) is 0 Å². The number of hydrogen-bond acceptors (Lipinski definition) is 6. The van der Waals surface area contributed by atoms with Crippen LogP contribution in [0.4, 0.5) is 0 Å². The van der Waals surface area contributed by atoms with Crippen molar-refractivity contribution in [3.05, 3.63) is 36.5 Å². The molecular formula is C60H110O6. The van der Waals surface area contributed by atoms with Crippen molar-refractivity contribution in [1.82, 2.24) is 0 Å². The number of ether oxygens (including phenoxy) is 3. The fourth-order valence-corrected chi connectivity index (χ4v) is 8.47. The number of hydrogen-bond donors (Lipinski definition) is 0. The van der Waals surface area contributed by atoms with Crippen LogP contribution < -0.4 is 0 Å². The number of carbonyl (C=O) groups excluding carboxylic acids is 3. The zero-order valence-electron chi connectivity index (χ0n) is 44.2. The quantitative estimate of drug-likeness (QED) is 0.0262. The van der Waals surface area contributed by atoms with Gasteiger partial charge in [-0.1, -0.05) is 250 Å². The Kier molecular flexibility index (Phi) is 53.2. The molecule has 0 aliphatic carbocycles. The van der Waals surface area contributed by atoms with Crippen LogP contribution in [0.5, 0.6) is 0 Å². The molecule has 0 amide bonds. The van der Waals surface area contributed by atoms with Gasteiger partial charge < -0.3 is 14.2 Å². The summed E-state index contributed by atoms with van der Waals surface area (Å²) in [6.45, 7) is 6.62. The van der Waals surface area contributed by atoms with Gasteiger partial charge in [0.15, 0.2) is 6.10 Å². The fraction of sp³-hybridized carbons (Fsp3) is 0.850. The van der Waals surface area contributed by atoms with Gasteiger partial charge in [-0.25, -0.2) is 0 Å². The van der Waals surface area contributed by atoms with Crippen molar-refractivity contribution < 1.29 is 28.6 Å². The Balaban J connectivity index is 4.31. The van der Waals surface area contributed by atoms with Crippen molar-refractivity contribution in [2.24, 2.45) is 0 Å². The van der Waals surface area contributed by atoms with Crippen LogP contribution in [0.3, 0.4) is 0 Å². The summed E-state index contributed by atoms with van der Waals surface area (Å²) in [7, 11) is 0. The zero-order valence-corrected chi connectivity index (χ0v) is 44.2. The summed E-state index contributed by atoms with van der Waals surface area (Å²) in [5, 5.41) is 0. The summed E-state index contributed by atoms with van der Waals surface area (Å²) in [4.78, 5) is 38.1. The van der Waals surface area contributed by atoms with Gasteiger partial charge in [0.25, 0.3) is 0 Å². The van der Waals surface area contributed by atoms with E-state index >= 15 is 0 Å². The summed E-state index contributed by atoms with van der Waals surface area (Å²) in [6, 6.07) is 0. The van der Waals surface area contributed by atoms with E-state index in [-0.39, 0.29) is 31.1 Å². The Bertz CT molecular complexity index is 1110. The van der Waals surface area contributed by atoms with Crippen LogP contribution >= 0.6 is 0 Å². The van der Waals surface area contributed by atoms with Crippen LogP contribution in [0.1, 0.15) is 310 Å². The molecule has 66 heavy (non-hydrogen) atoms. The average molecular weight is 928 g/mol. The molecule has 0 aromatic carbocycles. The highest BCUT2D eigenvalue weighted by Crippen LogP contribution is 2.17. The Morgan fingerprint density at radius 1 is 0.303 bits per heavy atom. The van der Waals surface area contributed by atoms with Crippen LogP contribution in [0.15, 0.2) is 36.5 Å². The van der Waals surface area contributed by atoms with Gasteiger partial charge in [0.2, 0.25) is 0 Å². The summed E-state index contributed by atoms with van der Waals surface area (Å²) in [6.07, 6.45) is 65.6. The SMILES string of the molecule is CCCCC/C=C\CCCCCCCC(=O)OCC(COC(=O)CCCCCCCCCCCCCCCCCCCCCC)OC(=O)CCCCCCC/C=C\C/C=C\CCCCCC. The molecule has 0 heterocycles. The summed E-state index contributed by atoms with van der Waals surface area (Å²) in [5.74, 6) is -0.884. The van der Waals surface area contributed by atoms with Gasteiger partial charge in [-0.3, -0.25) is 14.4 Å². The lowest BCUT2D eigenvalue weighted by atomic mass is 10.0. The van der Waals surface area contributed by atoms with Crippen molar-refractivity contribution in [3.63, 3.8) is 0 Å². The van der Waals surface area contributed by atoms with E-state index < -0.39 is 6.10 Å². The molecular weight excluding hydrogens is 817 g/mol. The van der Waals surface area contributed by atoms with Crippen molar-refractivity contribution in [1.29, 1.82) is 0 Å². The van der Waals surface area contributed by atoms with Crippen LogP contribution in [-0.2, 0) is 28.6 Å². The van der Waals surface area contributed by atoms with Gasteiger partial charge >= 0.3 is 17.9 Å². The smallest absolute Gasteiger partial charge is 0.306 e. The Morgan fingerprint density at radius 3 is 0.894 bits per heavy atom. The molecule has 386 valence electrons. The lowest BCUT2D eigenvalue weighted by molar-refractivity contribution is -0.167. The first kappa shape index (κ1) is 63.6. The van der Waals surface area contributed by atoms with Gasteiger partial charge in [-0.2, -0.15) is 0 Å². The molecule has 0 saturated heterocycles. The molecule has 0 saturated carbocycles. The Labute approximate surface area is 410 Å². The molecule has 6 heteroatoms. The minimum atomic E-state index is -0.780. The molecule has 0 rings (SSSR count). The van der Waals surface area contributed by atoms with E-state index in [1.54, 1.807) is 0 Å². The molecule has 0 aliphatic heterocycles. The predicted octanol–water partition coefficient (Wildman–Crippen LogP) is 19.3. The molecule has 1 atom stereocenters. The second kappa shape index (κ2) is 55.2. The van der Waals surface area contributed by atoms with E-state index in [4.69, 9.17) is 14.2 Å². The van der Waals surface area contributed by atoms with E-state index in [1.807, 2.05) is 0 Å². The molecule has 0 N–H and O–H groups in total. The molecule has 0 aliphatic rings. The first-order valence-electron chi connectivity index (χ1n) is 29.0. The van der Waals surface area contributed by atoms with E-state index in [0.717, 1.165) is 89.9 Å². The first-order valence-corrected chi connectivity index (χ1v) is 29.0. The predicted molar refractivity (Wildman–Crippen MR) is 284 cm³/mol. The molecule has 0 bridgehead atoms. The maximum atomic E-state index is 12.8. The number of unbranched alkanes of at least 4 members (excludes halogenated alkanes) is 36. The summed E-state index contributed by atoms with van der Waals surface area (Å²) in [5.41, 5.74) is 0. The molecule has 0 radical (unpaired) electrons. The van der Waals surface area contributed by atoms with Crippen LogP contribution in [-0.4, -0.2) is 37.2 Å². The minimum absolute atomic E-state index is 0.0770. The van der Waals surface area contributed by atoms with Gasteiger partial charge in [-0.15, -0.1) is 0 Å². The fourth-order valence-electron chi connectivity index (χ4n) is 8.47. The second-order valence-electron chi connectivity index (χ2n) is 19.6. The summed E-state index contributed by atoms with van der Waals surface area (Å²) >= 11 is 0. The van der Waals surface area contributed by atoms with Gasteiger partial charge in [0.1, 0.15) is 13.2 Å². The third-order valence-electron chi connectivity index (χ3n) is 12.9. The van der Waals surface area contributed by atoms with Crippen molar-refractivity contribution in [3.8, 4) is 0 Å². The number of carbonyl (C=O) groups is 3. The maximum absolute atomic E-state index is 12.8. The molecule has 1 unspecified atom stereocenters. The number of allylic oxidation sites excluding steroid dienone is 6.